The maximum Gasteiger partial charge on any atom is 0.237 e. The van der Waals surface area contributed by atoms with E-state index in [4.69, 9.17) is 6.42 Å². The molecule has 0 spiro atoms. The van der Waals surface area contributed by atoms with Crippen molar-refractivity contribution < 1.29 is 4.79 Å². The summed E-state index contributed by atoms with van der Waals surface area (Å²) in [6.45, 7) is 7.71. The molecule has 1 fully saturated rings. The molecule has 4 heteroatoms. The summed E-state index contributed by atoms with van der Waals surface area (Å²) in [7, 11) is 0. The van der Waals surface area contributed by atoms with Gasteiger partial charge in [-0.1, -0.05) is 12.8 Å². The highest BCUT2D eigenvalue weighted by Crippen LogP contribution is 1.99. The number of rotatable bonds is 5. The van der Waals surface area contributed by atoms with Gasteiger partial charge in [0.25, 0.3) is 0 Å². The maximum absolute atomic E-state index is 12.1. The first-order valence-corrected chi connectivity index (χ1v) is 6.42. The lowest BCUT2D eigenvalue weighted by molar-refractivity contribution is -0.131. The number of hydrogen-bond acceptors (Lipinski definition) is 3. The predicted molar refractivity (Wildman–Crippen MR) is 69.6 cm³/mol. The van der Waals surface area contributed by atoms with E-state index in [1.165, 1.54) is 0 Å². The SMILES string of the molecule is C#CCN(CCC)C(=O)CN1CCCNCC1. The number of nitrogens with zero attached hydrogens (tertiary/aromatic N) is 2. The van der Waals surface area contributed by atoms with Gasteiger partial charge in [0.2, 0.25) is 5.91 Å². The molecule has 0 aliphatic carbocycles. The van der Waals surface area contributed by atoms with Crippen LogP contribution in [0.25, 0.3) is 0 Å². The van der Waals surface area contributed by atoms with Gasteiger partial charge in [0.15, 0.2) is 0 Å². The van der Waals surface area contributed by atoms with E-state index in [1.54, 1.807) is 4.90 Å². The van der Waals surface area contributed by atoms with Gasteiger partial charge >= 0.3 is 0 Å². The molecule has 0 unspecified atom stereocenters. The molecule has 0 bridgehead atoms. The number of nitrogens with one attached hydrogen (secondary N) is 1. The van der Waals surface area contributed by atoms with E-state index >= 15 is 0 Å². The van der Waals surface area contributed by atoms with Crippen molar-refractivity contribution in [1.29, 1.82) is 0 Å². The van der Waals surface area contributed by atoms with Crippen LogP contribution < -0.4 is 5.32 Å². The second-order valence-electron chi connectivity index (χ2n) is 4.40. The van der Waals surface area contributed by atoms with E-state index in [1.807, 2.05) is 0 Å². The van der Waals surface area contributed by atoms with Crippen LogP contribution >= 0.6 is 0 Å². The highest BCUT2D eigenvalue weighted by molar-refractivity contribution is 5.78. The summed E-state index contributed by atoms with van der Waals surface area (Å²) in [6, 6.07) is 0. The Hall–Kier alpha value is -1.05. The summed E-state index contributed by atoms with van der Waals surface area (Å²) in [4.78, 5) is 16.1. The molecule has 17 heavy (non-hydrogen) atoms. The summed E-state index contributed by atoms with van der Waals surface area (Å²) in [5, 5.41) is 3.33. The van der Waals surface area contributed by atoms with Crippen molar-refractivity contribution in [2.75, 3.05) is 45.8 Å². The third-order valence-electron chi connectivity index (χ3n) is 2.92. The van der Waals surface area contributed by atoms with Crippen LogP contribution in [0.15, 0.2) is 0 Å². The van der Waals surface area contributed by atoms with Crippen LogP contribution in [-0.4, -0.2) is 61.5 Å². The van der Waals surface area contributed by atoms with Crippen LogP contribution in [-0.2, 0) is 4.79 Å². The zero-order valence-electron chi connectivity index (χ0n) is 10.7. The van der Waals surface area contributed by atoms with E-state index in [9.17, 15) is 4.79 Å². The van der Waals surface area contributed by atoms with Crippen molar-refractivity contribution in [3.63, 3.8) is 0 Å². The molecule has 1 aliphatic rings. The number of carbonyl (C=O) groups excluding carboxylic acids is 1. The van der Waals surface area contributed by atoms with Crippen LogP contribution in [0, 0.1) is 12.3 Å². The first kappa shape index (κ1) is 14.0. The third kappa shape index (κ3) is 5.20. The van der Waals surface area contributed by atoms with Crippen molar-refractivity contribution in [3.8, 4) is 12.3 Å². The summed E-state index contributed by atoms with van der Waals surface area (Å²) >= 11 is 0. The number of terminal acetylenes is 1. The number of carbonyl (C=O) groups is 1. The fraction of sp³-hybridized carbons (Fsp3) is 0.769. The molecular formula is C13H23N3O. The van der Waals surface area contributed by atoms with E-state index < -0.39 is 0 Å². The molecule has 0 aromatic heterocycles. The zero-order valence-corrected chi connectivity index (χ0v) is 10.7. The average Bonchev–Trinajstić information content (AvgIpc) is 2.57. The number of amides is 1. The summed E-state index contributed by atoms with van der Waals surface area (Å²) in [5.74, 6) is 2.72. The Morgan fingerprint density at radius 1 is 1.47 bits per heavy atom. The fourth-order valence-electron chi connectivity index (χ4n) is 2.02. The Morgan fingerprint density at radius 2 is 2.29 bits per heavy atom. The molecule has 0 atom stereocenters. The average molecular weight is 237 g/mol. The van der Waals surface area contributed by atoms with E-state index in [0.29, 0.717) is 13.1 Å². The van der Waals surface area contributed by atoms with Gasteiger partial charge in [-0.15, -0.1) is 6.42 Å². The number of hydrogen-bond donors (Lipinski definition) is 1. The molecule has 96 valence electrons. The molecule has 1 N–H and O–H groups in total. The Kier molecular flexibility index (Phi) is 6.68. The van der Waals surface area contributed by atoms with Crippen molar-refractivity contribution in [3.05, 3.63) is 0 Å². The Morgan fingerprint density at radius 3 is 3.00 bits per heavy atom. The predicted octanol–water partition coefficient (Wildman–Crippen LogP) is 0.154. The fourth-order valence-corrected chi connectivity index (χ4v) is 2.02. The van der Waals surface area contributed by atoms with Gasteiger partial charge in [-0.25, -0.2) is 0 Å². The van der Waals surface area contributed by atoms with Crippen LogP contribution in [0.4, 0.5) is 0 Å². The van der Waals surface area contributed by atoms with E-state index in [0.717, 1.165) is 45.6 Å². The quantitative estimate of drug-likeness (QED) is 0.692. The highest BCUT2D eigenvalue weighted by atomic mass is 16.2. The molecule has 0 aromatic rings. The van der Waals surface area contributed by atoms with Crippen molar-refractivity contribution in [2.24, 2.45) is 0 Å². The van der Waals surface area contributed by atoms with Crippen molar-refractivity contribution in [1.82, 2.24) is 15.1 Å². The molecule has 1 saturated heterocycles. The smallest absolute Gasteiger partial charge is 0.237 e. The molecule has 0 aromatic carbocycles. The van der Waals surface area contributed by atoms with Crippen LogP contribution in [0.1, 0.15) is 19.8 Å². The van der Waals surface area contributed by atoms with Crippen molar-refractivity contribution in [2.45, 2.75) is 19.8 Å². The lowest BCUT2D eigenvalue weighted by atomic mass is 10.3. The van der Waals surface area contributed by atoms with E-state index in [2.05, 4.69) is 23.1 Å². The molecule has 1 aliphatic heterocycles. The molecule has 0 radical (unpaired) electrons. The van der Waals surface area contributed by atoms with Gasteiger partial charge in [0.05, 0.1) is 13.1 Å². The van der Waals surface area contributed by atoms with Gasteiger partial charge in [-0.2, -0.15) is 0 Å². The molecule has 1 amide bonds. The van der Waals surface area contributed by atoms with E-state index in [-0.39, 0.29) is 5.91 Å². The van der Waals surface area contributed by atoms with Gasteiger partial charge in [-0.3, -0.25) is 9.69 Å². The van der Waals surface area contributed by atoms with Gasteiger partial charge in [0, 0.05) is 19.6 Å². The third-order valence-corrected chi connectivity index (χ3v) is 2.92. The minimum atomic E-state index is 0.159. The van der Waals surface area contributed by atoms with Crippen molar-refractivity contribution >= 4 is 5.91 Å². The first-order valence-electron chi connectivity index (χ1n) is 6.42. The lowest BCUT2D eigenvalue weighted by Crippen LogP contribution is -2.42. The van der Waals surface area contributed by atoms with Gasteiger partial charge in [0.1, 0.15) is 0 Å². The standard InChI is InChI=1S/C13H23N3O/c1-3-8-16(9-4-2)13(17)12-15-10-5-6-14-7-11-15/h1,14H,4-12H2,2H3. The van der Waals surface area contributed by atoms with Crippen LogP contribution in [0.3, 0.4) is 0 Å². The second-order valence-corrected chi connectivity index (χ2v) is 4.40. The molecule has 1 heterocycles. The summed E-state index contributed by atoms with van der Waals surface area (Å²) in [6.07, 6.45) is 7.35. The lowest BCUT2D eigenvalue weighted by Gasteiger charge is -2.24. The molecule has 0 saturated carbocycles. The molecule has 1 rings (SSSR count). The van der Waals surface area contributed by atoms with Crippen LogP contribution in [0.5, 0.6) is 0 Å². The second kappa shape index (κ2) is 8.10. The van der Waals surface area contributed by atoms with Gasteiger partial charge in [-0.05, 0) is 25.9 Å². The summed E-state index contributed by atoms with van der Waals surface area (Å²) < 4.78 is 0. The maximum atomic E-state index is 12.1. The normalized spacial score (nSPS) is 17.2. The summed E-state index contributed by atoms with van der Waals surface area (Å²) in [5.41, 5.74) is 0. The monoisotopic (exact) mass is 237 g/mol. The topological polar surface area (TPSA) is 35.6 Å². The largest absolute Gasteiger partial charge is 0.330 e. The minimum absolute atomic E-state index is 0.159. The zero-order chi connectivity index (χ0) is 12.5. The van der Waals surface area contributed by atoms with Crippen LogP contribution in [0.2, 0.25) is 0 Å². The Labute approximate surface area is 104 Å². The Bertz CT molecular complexity index is 264. The molecule has 4 nitrogen and oxygen atoms in total. The van der Waals surface area contributed by atoms with Gasteiger partial charge < -0.3 is 10.2 Å². The Balaban J connectivity index is 2.41. The minimum Gasteiger partial charge on any atom is -0.330 e. The molecular weight excluding hydrogens is 214 g/mol. The first-order chi connectivity index (χ1) is 8.27. The highest BCUT2D eigenvalue weighted by Gasteiger charge is 2.16.